The molecule has 0 aliphatic carbocycles. The van der Waals surface area contributed by atoms with Crippen molar-refractivity contribution < 1.29 is 9.90 Å². The predicted octanol–water partition coefficient (Wildman–Crippen LogP) is 5.41. The first-order valence-electron chi connectivity index (χ1n) is 9.28. The first kappa shape index (κ1) is 20.0. The van der Waals surface area contributed by atoms with Crippen molar-refractivity contribution in [3.05, 3.63) is 77.4 Å². The molecule has 5 nitrogen and oxygen atoms in total. The number of hydrogen-bond donors (Lipinski definition) is 3. The molecular weight excluding hydrogens is 414 g/mol. The van der Waals surface area contributed by atoms with Crippen LogP contribution in [0.2, 0.25) is 0 Å². The summed E-state index contributed by atoms with van der Waals surface area (Å²) in [7, 11) is 0. The largest absolute Gasteiger partial charge is 0.507 e. The first-order chi connectivity index (χ1) is 14.4. The van der Waals surface area contributed by atoms with Crippen LogP contribution in [-0.2, 0) is 0 Å². The van der Waals surface area contributed by atoms with Crippen LogP contribution in [0.25, 0.3) is 20.8 Å². The second-order valence-corrected chi connectivity index (χ2v) is 8.44. The molecule has 0 spiro atoms. The van der Waals surface area contributed by atoms with Gasteiger partial charge in [0.2, 0.25) is 0 Å². The maximum absolute atomic E-state index is 12.4. The number of thiazole rings is 1. The van der Waals surface area contributed by atoms with E-state index < -0.39 is 0 Å². The molecule has 0 saturated heterocycles. The lowest BCUT2D eigenvalue weighted by Gasteiger charge is -2.11. The average Bonchev–Trinajstić information content (AvgIpc) is 3.11. The number of aromatic hydroxyl groups is 1. The van der Waals surface area contributed by atoms with E-state index in [2.05, 4.69) is 15.6 Å². The minimum absolute atomic E-state index is 0.0856. The van der Waals surface area contributed by atoms with Gasteiger partial charge in [0.05, 0.1) is 15.8 Å². The monoisotopic (exact) mass is 433 g/mol. The van der Waals surface area contributed by atoms with Gasteiger partial charge < -0.3 is 10.4 Å². The Kier molecular flexibility index (Phi) is 5.48. The number of rotatable bonds is 3. The molecule has 30 heavy (non-hydrogen) atoms. The van der Waals surface area contributed by atoms with Crippen molar-refractivity contribution >= 4 is 50.5 Å². The molecule has 0 atom stereocenters. The fourth-order valence-electron chi connectivity index (χ4n) is 3.22. The number of anilines is 1. The van der Waals surface area contributed by atoms with Crippen molar-refractivity contribution in [2.45, 2.75) is 13.8 Å². The second kappa shape index (κ2) is 8.22. The molecule has 0 bridgehead atoms. The first-order valence-corrected chi connectivity index (χ1v) is 10.5. The number of amides is 1. The molecule has 4 rings (SSSR count). The van der Waals surface area contributed by atoms with Crippen LogP contribution in [0.1, 0.15) is 21.5 Å². The molecule has 3 aromatic carbocycles. The van der Waals surface area contributed by atoms with Crippen molar-refractivity contribution in [1.29, 1.82) is 0 Å². The lowest BCUT2D eigenvalue weighted by atomic mass is 10.1. The van der Waals surface area contributed by atoms with Gasteiger partial charge in [0.25, 0.3) is 5.91 Å². The third kappa shape index (κ3) is 4.32. The highest BCUT2D eigenvalue weighted by Crippen LogP contribution is 2.36. The predicted molar refractivity (Wildman–Crippen MR) is 126 cm³/mol. The molecule has 0 aliphatic rings. The molecule has 0 unspecified atom stereocenters. The van der Waals surface area contributed by atoms with Crippen molar-refractivity contribution in [2.75, 3.05) is 5.32 Å². The van der Waals surface area contributed by atoms with Gasteiger partial charge in [0.15, 0.2) is 5.11 Å². The van der Waals surface area contributed by atoms with Crippen LogP contribution in [0, 0.1) is 13.8 Å². The van der Waals surface area contributed by atoms with Crippen LogP contribution in [0.5, 0.6) is 5.75 Å². The summed E-state index contributed by atoms with van der Waals surface area (Å²) in [6.45, 7) is 3.88. The van der Waals surface area contributed by atoms with Crippen LogP contribution < -0.4 is 10.6 Å². The minimum Gasteiger partial charge on any atom is -0.507 e. The second-order valence-electron chi connectivity index (χ2n) is 7.00. The summed E-state index contributed by atoms with van der Waals surface area (Å²) in [6.07, 6.45) is 0. The van der Waals surface area contributed by atoms with Gasteiger partial charge in [-0.3, -0.25) is 10.1 Å². The molecular formula is C23H19N3O2S2. The topological polar surface area (TPSA) is 74.2 Å². The van der Waals surface area contributed by atoms with Crippen molar-refractivity contribution in [2.24, 2.45) is 0 Å². The number of carbonyl (C=O) groups excluding carboxylic acids is 1. The highest BCUT2D eigenvalue weighted by Gasteiger charge is 2.13. The number of aromatic nitrogens is 1. The maximum Gasteiger partial charge on any atom is 0.257 e. The number of phenols is 1. The normalized spacial score (nSPS) is 10.7. The Labute approximate surface area is 183 Å². The molecule has 3 N–H and O–H groups in total. The van der Waals surface area contributed by atoms with Crippen LogP contribution in [0.15, 0.2) is 60.7 Å². The Balaban J connectivity index is 1.47. The van der Waals surface area contributed by atoms with Crippen molar-refractivity contribution in [3.63, 3.8) is 0 Å². The Morgan fingerprint density at radius 1 is 1.03 bits per heavy atom. The van der Waals surface area contributed by atoms with Gasteiger partial charge in [-0.2, -0.15) is 0 Å². The smallest absolute Gasteiger partial charge is 0.257 e. The van der Waals surface area contributed by atoms with Crippen molar-refractivity contribution in [1.82, 2.24) is 10.3 Å². The van der Waals surface area contributed by atoms with Gasteiger partial charge >= 0.3 is 0 Å². The summed E-state index contributed by atoms with van der Waals surface area (Å²) in [5.41, 5.74) is 4.68. The Bertz CT molecular complexity index is 1230. The minimum atomic E-state index is -0.283. The Morgan fingerprint density at radius 3 is 2.47 bits per heavy atom. The highest BCUT2D eigenvalue weighted by atomic mass is 32.1. The van der Waals surface area contributed by atoms with E-state index in [1.54, 1.807) is 18.2 Å². The number of para-hydroxylation sites is 1. The summed E-state index contributed by atoms with van der Waals surface area (Å²) in [5.74, 6) is -0.197. The van der Waals surface area contributed by atoms with Gasteiger partial charge in [-0.05, 0) is 62.5 Å². The van der Waals surface area contributed by atoms with E-state index in [0.717, 1.165) is 26.4 Å². The Morgan fingerprint density at radius 2 is 1.77 bits per heavy atom. The summed E-state index contributed by atoms with van der Waals surface area (Å²) in [5, 5.41) is 17.0. The van der Waals surface area contributed by atoms with Crippen LogP contribution in [0.4, 0.5) is 5.69 Å². The quantitative estimate of drug-likeness (QED) is 0.377. The van der Waals surface area contributed by atoms with Crippen LogP contribution in [0.3, 0.4) is 0 Å². The van der Waals surface area contributed by atoms with E-state index in [-0.39, 0.29) is 16.8 Å². The SMILES string of the molecule is Cc1cc(C)cc(C(=O)NC(=S)Nc2ccc(-c3nc4ccccc4s3)c(O)c2)c1. The van der Waals surface area contributed by atoms with Gasteiger partial charge in [-0.25, -0.2) is 4.98 Å². The van der Waals surface area contributed by atoms with Gasteiger partial charge in [-0.15, -0.1) is 11.3 Å². The summed E-state index contributed by atoms with van der Waals surface area (Å²) in [6, 6.07) is 18.6. The van der Waals surface area contributed by atoms with Crippen LogP contribution in [-0.4, -0.2) is 21.1 Å². The number of thiocarbonyl (C=S) groups is 1. The molecule has 1 heterocycles. The van der Waals surface area contributed by atoms with E-state index in [1.807, 2.05) is 56.3 Å². The number of nitrogens with zero attached hydrogens (tertiary/aromatic N) is 1. The van der Waals surface area contributed by atoms with E-state index in [1.165, 1.54) is 11.3 Å². The molecule has 7 heteroatoms. The van der Waals surface area contributed by atoms with E-state index >= 15 is 0 Å². The number of hydrogen-bond acceptors (Lipinski definition) is 5. The fraction of sp³-hybridized carbons (Fsp3) is 0.0870. The zero-order valence-electron chi connectivity index (χ0n) is 16.4. The summed E-state index contributed by atoms with van der Waals surface area (Å²) >= 11 is 6.77. The van der Waals surface area contributed by atoms with Gasteiger partial charge in [0.1, 0.15) is 10.8 Å². The third-order valence-electron chi connectivity index (χ3n) is 4.49. The van der Waals surface area contributed by atoms with Crippen LogP contribution >= 0.6 is 23.6 Å². The summed E-state index contributed by atoms with van der Waals surface area (Å²) < 4.78 is 1.06. The fourth-order valence-corrected chi connectivity index (χ4v) is 4.43. The summed E-state index contributed by atoms with van der Waals surface area (Å²) in [4.78, 5) is 17.0. The van der Waals surface area contributed by atoms with Crippen molar-refractivity contribution in [3.8, 4) is 16.3 Å². The lowest BCUT2D eigenvalue weighted by molar-refractivity contribution is 0.0977. The lowest BCUT2D eigenvalue weighted by Crippen LogP contribution is -2.34. The Hall–Kier alpha value is -3.29. The third-order valence-corrected chi connectivity index (χ3v) is 5.76. The number of carbonyl (C=O) groups is 1. The molecule has 0 fully saturated rings. The molecule has 1 amide bonds. The van der Waals surface area contributed by atoms with E-state index in [0.29, 0.717) is 16.8 Å². The number of nitrogens with one attached hydrogen (secondary N) is 2. The molecule has 1 aromatic heterocycles. The standard InChI is InChI=1S/C23H19N3O2S2/c1-13-9-14(2)11-15(10-13)21(28)26-23(29)24-16-7-8-17(19(27)12-16)22-25-18-5-3-4-6-20(18)30-22/h3-12,27H,1-2H3,(H2,24,26,28,29). The molecule has 0 radical (unpaired) electrons. The number of aryl methyl sites for hydroxylation is 2. The maximum atomic E-state index is 12.4. The number of phenolic OH excluding ortho intramolecular Hbond substituents is 1. The van der Waals surface area contributed by atoms with Gasteiger partial charge in [0, 0.05) is 17.3 Å². The van der Waals surface area contributed by atoms with Gasteiger partial charge in [-0.1, -0.05) is 29.3 Å². The molecule has 0 aliphatic heterocycles. The highest BCUT2D eigenvalue weighted by molar-refractivity contribution is 7.80. The van der Waals surface area contributed by atoms with E-state index in [9.17, 15) is 9.90 Å². The molecule has 4 aromatic rings. The number of benzene rings is 3. The molecule has 0 saturated carbocycles. The zero-order valence-corrected chi connectivity index (χ0v) is 18.0. The number of fused-ring (bicyclic) bond motifs is 1. The average molecular weight is 434 g/mol. The molecule has 150 valence electrons. The van der Waals surface area contributed by atoms with E-state index in [4.69, 9.17) is 12.2 Å². The zero-order chi connectivity index (χ0) is 21.3.